The minimum atomic E-state index is -0.805. The zero-order valence-corrected chi connectivity index (χ0v) is 10.6. The monoisotopic (exact) mass is 239 g/mol. The largest absolute Gasteiger partial charge is 0.311 e. The Kier molecular flexibility index (Phi) is 5.29. The van der Waals surface area contributed by atoms with E-state index in [0.29, 0.717) is 11.6 Å². The normalized spacial score (nSPS) is 12.2. The molecule has 3 heteroatoms. The van der Waals surface area contributed by atoms with Crippen molar-refractivity contribution in [2.24, 2.45) is 0 Å². The summed E-state index contributed by atoms with van der Waals surface area (Å²) >= 11 is 0. The van der Waals surface area contributed by atoms with Crippen LogP contribution in [0.5, 0.6) is 0 Å². The maximum Gasteiger partial charge on any atom is 0.159 e. The Morgan fingerprint density at radius 1 is 1.29 bits per heavy atom. The lowest BCUT2D eigenvalue weighted by Crippen LogP contribution is -2.24. The highest BCUT2D eigenvalue weighted by Crippen LogP contribution is 2.13. The van der Waals surface area contributed by atoms with Crippen molar-refractivity contribution in [1.29, 1.82) is 0 Å². The first kappa shape index (κ1) is 13.8. The second-order valence-electron chi connectivity index (χ2n) is 4.37. The molecule has 0 bridgehead atoms. The molecule has 1 N–H and O–H groups in total. The molecule has 0 aliphatic rings. The van der Waals surface area contributed by atoms with Crippen molar-refractivity contribution in [3.63, 3.8) is 0 Å². The average Bonchev–Trinajstić information content (AvgIpc) is 2.28. The van der Waals surface area contributed by atoms with Crippen LogP contribution in [-0.2, 0) is 0 Å². The third-order valence-corrected chi connectivity index (χ3v) is 2.51. The number of hydrogen-bond acceptors (Lipinski definition) is 1. The van der Waals surface area contributed by atoms with Crippen LogP contribution >= 0.6 is 0 Å². The summed E-state index contributed by atoms with van der Waals surface area (Å²) in [5.41, 5.74) is 1.87. The Labute approximate surface area is 102 Å². The maximum absolute atomic E-state index is 13.0. The second-order valence-corrected chi connectivity index (χ2v) is 4.37. The minimum absolute atomic E-state index is 0.412. The molecule has 0 saturated carbocycles. The third kappa shape index (κ3) is 4.65. The van der Waals surface area contributed by atoms with Gasteiger partial charge in [0.1, 0.15) is 0 Å². The third-order valence-electron chi connectivity index (χ3n) is 2.51. The molecule has 0 radical (unpaired) electrons. The summed E-state index contributed by atoms with van der Waals surface area (Å²) in [7, 11) is 0. The van der Waals surface area contributed by atoms with Crippen molar-refractivity contribution in [1.82, 2.24) is 5.32 Å². The Bertz CT molecular complexity index is 397. The van der Waals surface area contributed by atoms with Gasteiger partial charge in [0.25, 0.3) is 0 Å². The van der Waals surface area contributed by atoms with Gasteiger partial charge < -0.3 is 5.32 Å². The van der Waals surface area contributed by atoms with E-state index in [1.54, 1.807) is 6.07 Å². The molecule has 0 atom stereocenters. The number of halogens is 2. The predicted molar refractivity (Wildman–Crippen MR) is 67.8 cm³/mol. The minimum Gasteiger partial charge on any atom is -0.311 e. The van der Waals surface area contributed by atoms with Crippen LogP contribution in [0, 0.1) is 11.6 Å². The van der Waals surface area contributed by atoms with E-state index in [1.807, 2.05) is 13.0 Å². The van der Waals surface area contributed by atoms with E-state index >= 15 is 0 Å². The molecule has 0 spiro atoms. The first-order chi connectivity index (χ1) is 8.02. The second kappa shape index (κ2) is 6.50. The highest BCUT2D eigenvalue weighted by molar-refractivity contribution is 5.53. The summed E-state index contributed by atoms with van der Waals surface area (Å²) in [6, 6.07) is 4.38. The summed E-state index contributed by atoms with van der Waals surface area (Å²) in [6.07, 6.45) is 2.79. The molecular weight excluding hydrogens is 220 g/mol. The average molecular weight is 239 g/mol. The van der Waals surface area contributed by atoms with Gasteiger partial charge >= 0.3 is 0 Å². The molecule has 0 unspecified atom stereocenters. The highest BCUT2D eigenvalue weighted by Gasteiger charge is 2.02. The van der Waals surface area contributed by atoms with Gasteiger partial charge in [-0.2, -0.15) is 0 Å². The molecule has 1 nitrogen and oxygen atoms in total. The maximum atomic E-state index is 13.0. The molecule has 0 saturated heterocycles. The summed E-state index contributed by atoms with van der Waals surface area (Å²) in [5, 5.41) is 3.31. The van der Waals surface area contributed by atoms with Gasteiger partial charge in [0.15, 0.2) is 11.6 Å². The molecule has 94 valence electrons. The number of rotatable bonds is 5. The van der Waals surface area contributed by atoms with Crippen LogP contribution in [0.25, 0.3) is 6.08 Å². The van der Waals surface area contributed by atoms with Gasteiger partial charge in [-0.1, -0.05) is 38.5 Å². The lowest BCUT2D eigenvalue weighted by Gasteiger charge is -2.10. The first-order valence-corrected chi connectivity index (χ1v) is 5.90. The van der Waals surface area contributed by atoms with Crippen LogP contribution in [0.4, 0.5) is 8.78 Å². The van der Waals surface area contributed by atoms with E-state index in [2.05, 4.69) is 19.2 Å². The van der Waals surface area contributed by atoms with Gasteiger partial charge in [-0.15, -0.1) is 0 Å². The Balaban J connectivity index is 2.79. The SMILES string of the molecule is CCC(=Cc1ccc(F)c(F)c1)CNC(C)C. The fraction of sp³-hybridized carbons (Fsp3) is 0.429. The highest BCUT2D eigenvalue weighted by atomic mass is 19.2. The Hall–Kier alpha value is -1.22. The molecule has 0 aromatic heterocycles. The van der Waals surface area contributed by atoms with Gasteiger partial charge in [0.05, 0.1) is 0 Å². The fourth-order valence-electron chi connectivity index (χ4n) is 1.45. The summed E-state index contributed by atoms with van der Waals surface area (Å²) < 4.78 is 25.8. The predicted octanol–water partition coefficient (Wildman–Crippen LogP) is 3.76. The van der Waals surface area contributed by atoms with E-state index in [1.165, 1.54) is 11.6 Å². The smallest absolute Gasteiger partial charge is 0.159 e. The molecule has 1 aromatic rings. The quantitative estimate of drug-likeness (QED) is 0.825. The standard InChI is InChI=1S/C14H19F2N/c1-4-11(9-17-10(2)3)7-12-5-6-13(15)14(16)8-12/h5-8,10,17H,4,9H2,1-3H3. The zero-order valence-electron chi connectivity index (χ0n) is 10.6. The summed E-state index contributed by atoms with van der Waals surface area (Å²) in [5.74, 6) is -1.61. The van der Waals surface area contributed by atoms with Crippen molar-refractivity contribution in [3.8, 4) is 0 Å². The van der Waals surface area contributed by atoms with Gasteiger partial charge in [-0.3, -0.25) is 0 Å². The van der Waals surface area contributed by atoms with Crippen molar-refractivity contribution in [2.75, 3.05) is 6.54 Å². The zero-order chi connectivity index (χ0) is 12.8. The Morgan fingerprint density at radius 2 is 2.00 bits per heavy atom. The lowest BCUT2D eigenvalue weighted by molar-refractivity contribution is 0.508. The fourth-order valence-corrected chi connectivity index (χ4v) is 1.45. The van der Waals surface area contributed by atoms with E-state index < -0.39 is 11.6 Å². The van der Waals surface area contributed by atoms with E-state index in [9.17, 15) is 8.78 Å². The lowest BCUT2D eigenvalue weighted by atomic mass is 10.1. The number of hydrogen-bond donors (Lipinski definition) is 1. The topological polar surface area (TPSA) is 12.0 Å². The van der Waals surface area contributed by atoms with E-state index in [0.717, 1.165) is 19.0 Å². The molecule has 1 aromatic carbocycles. The van der Waals surface area contributed by atoms with Crippen LogP contribution < -0.4 is 5.32 Å². The molecule has 0 aliphatic carbocycles. The molecule has 0 amide bonds. The van der Waals surface area contributed by atoms with Gasteiger partial charge in [-0.25, -0.2) is 8.78 Å². The molecule has 0 fully saturated rings. The van der Waals surface area contributed by atoms with Gasteiger partial charge in [0.2, 0.25) is 0 Å². The van der Waals surface area contributed by atoms with Crippen molar-refractivity contribution in [2.45, 2.75) is 33.2 Å². The van der Waals surface area contributed by atoms with Crippen molar-refractivity contribution >= 4 is 6.08 Å². The summed E-state index contributed by atoms with van der Waals surface area (Å²) in [6.45, 7) is 6.97. The van der Waals surface area contributed by atoms with Crippen molar-refractivity contribution < 1.29 is 8.78 Å². The van der Waals surface area contributed by atoms with Gasteiger partial charge in [0, 0.05) is 12.6 Å². The molecule has 1 rings (SSSR count). The molecule has 0 heterocycles. The van der Waals surface area contributed by atoms with Crippen molar-refractivity contribution in [3.05, 3.63) is 41.0 Å². The number of nitrogens with one attached hydrogen (secondary N) is 1. The number of benzene rings is 1. The van der Waals surface area contributed by atoms with E-state index in [4.69, 9.17) is 0 Å². The van der Waals surface area contributed by atoms with Crippen LogP contribution in [0.1, 0.15) is 32.8 Å². The molecular formula is C14H19F2N. The van der Waals surface area contributed by atoms with Crippen LogP contribution in [-0.4, -0.2) is 12.6 Å². The first-order valence-electron chi connectivity index (χ1n) is 5.90. The van der Waals surface area contributed by atoms with Gasteiger partial charge in [-0.05, 0) is 24.1 Å². The van der Waals surface area contributed by atoms with Crippen LogP contribution in [0.2, 0.25) is 0 Å². The van der Waals surface area contributed by atoms with Crippen LogP contribution in [0.15, 0.2) is 23.8 Å². The van der Waals surface area contributed by atoms with E-state index in [-0.39, 0.29) is 0 Å². The van der Waals surface area contributed by atoms with Crippen LogP contribution in [0.3, 0.4) is 0 Å². The molecule has 0 aliphatic heterocycles. The summed E-state index contributed by atoms with van der Waals surface area (Å²) in [4.78, 5) is 0. The molecule has 17 heavy (non-hydrogen) atoms. The Morgan fingerprint density at radius 3 is 2.53 bits per heavy atom.